The van der Waals surface area contributed by atoms with Crippen molar-refractivity contribution in [2.24, 2.45) is 5.10 Å². The molecule has 0 radical (unpaired) electrons. The van der Waals surface area contributed by atoms with Gasteiger partial charge in [-0.05, 0) is 43.7 Å². The smallest absolute Gasteiger partial charge is 0.337 e. The molecule has 0 spiro atoms. The molecule has 4 rings (SSSR count). The lowest BCUT2D eigenvalue weighted by Gasteiger charge is -2.28. The maximum absolute atomic E-state index is 12.4. The van der Waals surface area contributed by atoms with E-state index in [-0.39, 0.29) is 17.9 Å². The van der Waals surface area contributed by atoms with Gasteiger partial charge >= 0.3 is 12.0 Å². The number of methoxy groups -OCH3 is 1. The normalized spacial score (nSPS) is 15.5. The standard InChI is InChI=1S/C28H29N5O9/c1-4-40-23-13-18(26-25(27(35)39-3)16(2)30-28(36)31-26)8-10-22(23)41-15-24(34)32-29-14-20-9-11-21(42-20)17-6-5-7-19(12-17)33(37)38/h5-14,24,26,32,34H,4,15H2,1-3H3,(H2,30,31,36)/b29-14-/t24-,26+/m1/s1. The number of rotatable bonds is 12. The van der Waals surface area contributed by atoms with Gasteiger partial charge in [-0.2, -0.15) is 5.10 Å². The summed E-state index contributed by atoms with van der Waals surface area (Å²) in [6.07, 6.45) is 0.133. The van der Waals surface area contributed by atoms with E-state index in [4.69, 9.17) is 18.6 Å². The van der Waals surface area contributed by atoms with Crippen molar-refractivity contribution >= 4 is 23.9 Å². The summed E-state index contributed by atoms with van der Waals surface area (Å²) < 4.78 is 22.0. The number of non-ortho nitro benzene ring substituents is 1. The minimum absolute atomic E-state index is 0.0537. The average molecular weight is 580 g/mol. The molecule has 2 amide bonds. The molecule has 42 heavy (non-hydrogen) atoms. The molecule has 1 aliphatic heterocycles. The lowest BCUT2D eigenvalue weighted by Crippen LogP contribution is -2.45. The van der Waals surface area contributed by atoms with Gasteiger partial charge in [0, 0.05) is 23.4 Å². The highest BCUT2D eigenvalue weighted by atomic mass is 16.6. The molecule has 1 aromatic heterocycles. The van der Waals surface area contributed by atoms with Gasteiger partial charge in [-0.1, -0.05) is 18.2 Å². The van der Waals surface area contributed by atoms with E-state index in [9.17, 15) is 24.8 Å². The number of aliphatic hydroxyl groups excluding tert-OH is 1. The van der Waals surface area contributed by atoms with Gasteiger partial charge in [-0.15, -0.1) is 0 Å². The first kappa shape index (κ1) is 29.6. The van der Waals surface area contributed by atoms with Crippen molar-refractivity contribution in [2.75, 3.05) is 20.3 Å². The molecule has 220 valence electrons. The number of nitro benzene ring substituents is 1. The molecule has 0 fully saturated rings. The number of carbonyl (C=O) groups excluding carboxylic acids is 2. The lowest BCUT2D eigenvalue weighted by atomic mass is 9.95. The van der Waals surface area contributed by atoms with Gasteiger partial charge in [0.2, 0.25) is 0 Å². The van der Waals surface area contributed by atoms with Crippen LogP contribution in [0.5, 0.6) is 11.5 Å². The number of carbonyl (C=O) groups is 2. The Labute approximate surface area is 240 Å². The number of furan rings is 1. The van der Waals surface area contributed by atoms with Crippen LogP contribution in [-0.2, 0) is 9.53 Å². The second-order valence-electron chi connectivity index (χ2n) is 8.92. The topological polar surface area (TPSA) is 187 Å². The Hall–Kier alpha value is -5.37. The monoisotopic (exact) mass is 579 g/mol. The number of nitro groups is 1. The van der Waals surface area contributed by atoms with Crippen LogP contribution in [0.2, 0.25) is 0 Å². The fourth-order valence-corrected chi connectivity index (χ4v) is 4.16. The van der Waals surface area contributed by atoms with Crippen LogP contribution in [0.25, 0.3) is 11.3 Å². The van der Waals surface area contributed by atoms with Crippen LogP contribution in [0.3, 0.4) is 0 Å². The minimum atomic E-state index is -1.21. The number of nitrogens with one attached hydrogen (secondary N) is 3. The van der Waals surface area contributed by atoms with Crippen molar-refractivity contribution < 1.29 is 38.2 Å². The highest BCUT2D eigenvalue weighted by molar-refractivity contribution is 5.95. The van der Waals surface area contributed by atoms with Gasteiger partial charge in [0.15, 0.2) is 17.7 Å². The summed E-state index contributed by atoms with van der Waals surface area (Å²) in [6, 6.07) is 13.0. The zero-order valence-electron chi connectivity index (χ0n) is 23.0. The van der Waals surface area contributed by atoms with E-state index in [0.29, 0.717) is 46.5 Å². The largest absolute Gasteiger partial charge is 0.490 e. The van der Waals surface area contributed by atoms with Crippen LogP contribution in [0.15, 0.2) is 75.4 Å². The van der Waals surface area contributed by atoms with E-state index in [1.807, 2.05) is 0 Å². The molecular weight excluding hydrogens is 550 g/mol. The number of esters is 1. The van der Waals surface area contributed by atoms with Crippen molar-refractivity contribution in [2.45, 2.75) is 26.1 Å². The Morgan fingerprint density at radius 2 is 2.02 bits per heavy atom. The van der Waals surface area contributed by atoms with E-state index in [1.54, 1.807) is 56.3 Å². The fraction of sp³-hybridized carbons (Fsp3) is 0.250. The van der Waals surface area contributed by atoms with Gasteiger partial charge in [-0.25, -0.2) is 9.59 Å². The van der Waals surface area contributed by atoms with Crippen molar-refractivity contribution in [1.29, 1.82) is 0 Å². The van der Waals surface area contributed by atoms with Crippen LogP contribution >= 0.6 is 0 Å². The van der Waals surface area contributed by atoms with Crippen LogP contribution < -0.4 is 25.5 Å². The Balaban J connectivity index is 1.39. The van der Waals surface area contributed by atoms with Crippen molar-refractivity contribution in [3.8, 4) is 22.8 Å². The number of urea groups is 1. The minimum Gasteiger partial charge on any atom is -0.490 e. The van der Waals surface area contributed by atoms with Crippen molar-refractivity contribution in [1.82, 2.24) is 16.1 Å². The molecule has 0 saturated carbocycles. The molecule has 1 aliphatic rings. The fourth-order valence-electron chi connectivity index (χ4n) is 4.16. The van der Waals surface area contributed by atoms with Crippen molar-refractivity contribution in [3.05, 3.63) is 87.3 Å². The van der Waals surface area contributed by atoms with Crippen LogP contribution in [0.1, 0.15) is 31.2 Å². The molecule has 2 atom stereocenters. The number of hydrogen-bond acceptors (Lipinski definition) is 11. The molecule has 3 aromatic rings. The van der Waals surface area contributed by atoms with E-state index >= 15 is 0 Å². The molecular formula is C28H29N5O9. The second-order valence-corrected chi connectivity index (χ2v) is 8.92. The van der Waals surface area contributed by atoms with E-state index in [0.717, 1.165) is 0 Å². The number of amides is 2. The molecule has 2 heterocycles. The van der Waals surface area contributed by atoms with Crippen LogP contribution in [0, 0.1) is 10.1 Å². The Morgan fingerprint density at radius 3 is 2.76 bits per heavy atom. The number of ether oxygens (including phenoxy) is 3. The van der Waals surface area contributed by atoms with Gasteiger partial charge in [0.05, 0.1) is 36.5 Å². The van der Waals surface area contributed by atoms with E-state index in [2.05, 4.69) is 21.2 Å². The lowest BCUT2D eigenvalue weighted by molar-refractivity contribution is -0.384. The van der Waals surface area contributed by atoms with Gasteiger partial charge in [0.25, 0.3) is 5.69 Å². The molecule has 14 nitrogen and oxygen atoms in total. The zero-order chi connectivity index (χ0) is 30.2. The van der Waals surface area contributed by atoms with Crippen molar-refractivity contribution in [3.63, 3.8) is 0 Å². The number of hydrazone groups is 1. The van der Waals surface area contributed by atoms with Crippen LogP contribution in [-0.4, -0.2) is 54.8 Å². The summed E-state index contributed by atoms with van der Waals surface area (Å²) in [5.74, 6) is 0.840. The van der Waals surface area contributed by atoms with E-state index in [1.165, 1.54) is 25.5 Å². The number of aliphatic hydroxyl groups is 1. The third-order valence-electron chi connectivity index (χ3n) is 6.06. The summed E-state index contributed by atoms with van der Waals surface area (Å²) >= 11 is 0. The average Bonchev–Trinajstić information content (AvgIpc) is 3.45. The van der Waals surface area contributed by atoms with E-state index < -0.39 is 29.2 Å². The molecule has 0 bridgehead atoms. The Morgan fingerprint density at radius 1 is 1.21 bits per heavy atom. The number of benzene rings is 2. The second kappa shape index (κ2) is 13.3. The molecule has 0 unspecified atom stereocenters. The maximum atomic E-state index is 12.4. The Kier molecular flexibility index (Phi) is 9.39. The highest BCUT2D eigenvalue weighted by Crippen LogP contribution is 2.35. The molecule has 14 heteroatoms. The number of nitrogens with zero attached hydrogens (tertiary/aromatic N) is 2. The Bertz CT molecular complexity index is 1530. The third-order valence-corrected chi connectivity index (χ3v) is 6.06. The third kappa shape index (κ3) is 7.03. The zero-order valence-corrected chi connectivity index (χ0v) is 23.0. The SMILES string of the molecule is CCOc1cc([C@@H]2NC(=O)NC(C)=C2C(=O)OC)ccc1OC[C@@H](O)N/N=C\c1ccc(-c2cccc([N+](=O)[O-])c2)o1. The molecule has 0 aliphatic carbocycles. The summed E-state index contributed by atoms with van der Waals surface area (Å²) in [6.45, 7) is 3.50. The quantitative estimate of drug-likeness (QED) is 0.0814. The first-order chi connectivity index (χ1) is 20.2. The number of allylic oxidation sites excluding steroid dienone is 1. The molecule has 2 aromatic carbocycles. The first-order valence-electron chi connectivity index (χ1n) is 12.8. The molecule has 0 saturated heterocycles. The summed E-state index contributed by atoms with van der Waals surface area (Å²) in [7, 11) is 1.26. The van der Waals surface area contributed by atoms with Gasteiger partial charge < -0.3 is 34.4 Å². The number of hydrogen-bond donors (Lipinski definition) is 4. The first-order valence-corrected chi connectivity index (χ1v) is 12.8. The maximum Gasteiger partial charge on any atom is 0.337 e. The molecule has 4 N–H and O–H groups in total. The summed E-state index contributed by atoms with van der Waals surface area (Å²) in [4.78, 5) is 35.0. The van der Waals surface area contributed by atoms with Gasteiger partial charge in [-0.3, -0.25) is 15.5 Å². The van der Waals surface area contributed by atoms with Crippen LogP contribution in [0.4, 0.5) is 10.5 Å². The summed E-state index contributed by atoms with van der Waals surface area (Å²) in [5, 5.41) is 30.6. The predicted octanol–water partition coefficient (Wildman–Crippen LogP) is 3.38. The highest BCUT2D eigenvalue weighted by Gasteiger charge is 2.32. The summed E-state index contributed by atoms with van der Waals surface area (Å²) in [5.41, 5.74) is 4.19. The predicted molar refractivity (Wildman–Crippen MR) is 150 cm³/mol. The van der Waals surface area contributed by atoms with Gasteiger partial charge in [0.1, 0.15) is 18.1 Å².